The van der Waals surface area contributed by atoms with Gasteiger partial charge in [0.2, 0.25) is 10.0 Å². The van der Waals surface area contributed by atoms with Gasteiger partial charge in [-0.15, -0.1) is 0 Å². The molecule has 3 nitrogen and oxygen atoms in total. The van der Waals surface area contributed by atoms with Gasteiger partial charge in [-0.1, -0.05) is 11.6 Å². The van der Waals surface area contributed by atoms with Gasteiger partial charge in [-0.05, 0) is 46.0 Å². The van der Waals surface area contributed by atoms with Crippen LogP contribution in [0.15, 0.2) is 11.6 Å². The summed E-state index contributed by atoms with van der Waals surface area (Å²) in [5.41, 5.74) is 1.41. The Labute approximate surface area is 93.0 Å². The number of allylic oxidation sites excluding steroid dienone is 1. The third kappa shape index (κ3) is 4.34. The Hall–Kier alpha value is -0.350. The van der Waals surface area contributed by atoms with Gasteiger partial charge in [0.05, 0.1) is 5.25 Å². The molecule has 0 radical (unpaired) electrons. The van der Waals surface area contributed by atoms with Crippen molar-refractivity contribution in [3.63, 3.8) is 0 Å². The maximum absolute atomic E-state index is 11.4. The van der Waals surface area contributed by atoms with E-state index in [0.717, 1.165) is 19.3 Å². The van der Waals surface area contributed by atoms with Gasteiger partial charge < -0.3 is 0 Å². The third-order valence-electron chi connectivity index (χ3n) is 2.75. The second kappa shape index (κ2) is 5.66. The van der Waals surface area contributed by atoms with Gasteiger partial charge in [0, 0.05) is 6.54 Å². The average Bonchev–Trinajstić information content (AvgIpc) is 2.19. The standard InChI is InChI=1S/C11H21NO2S/c1-10(2)15(13,14)12-9-8-11-6-4-3-5-7-11/h6,10,12H,3-5,7-9H2,1-2H3. The minimum atomic E-state index is -3.08. The van der Waals surface area contributed by atoms with E-state index in [1.54, 1.807) is 13.8 Å². The first-order valence-electron chi connectivity index (χ1n) is 5.69. The van der Waals surface area contributed by atoms with E-state index in [4.69, 9.17) is 0 Å². The predicted octanol–water partition coefficient (Wildman–Crippen LogP) is 2.20. The highest BCUT2D eigenvalue weighted by atomic mass is 32.2. The molecule has 88 valence electrons. The first kappa shape index (κ1) is 12.7. The predicted molar refractivity (Wildman–Crippen MR) is 63.2 cm³/mol. The molecule has 0 aromatic rings. The summed E-state index contributed by atoms with van der Waals surface area (Å²) in [4.78, 5) is 0. The first-order valence-corrected chi connectivity index (χ1v) is 7.23. The van der Waals surface area contributed by atoms with Crippen LogP contribution < -0.4 is 4.72 Å². The molecular formula is C11H21NO2S. The van der Waals surface area contributed by atoms with Gasteiger partial charge in [0.25, 0.3) is 0 Å². The highest BCUT2D eigenvalue weighted by molar-refractivity contribution is 7.90. The van der Waals surface area contributed by atoms with E-state index < -0.39 is 10.0 Å². The van der Waals surface area contributed by atoms with Gasteiger partial charge in [-0.3, -0.25) is 0 Å². The molecule has 0 bridgehead atoms. The molecule has 1 N–H and O–H groups in total. The molecule has 0 aromatic carbocycles. The molecule has 0 aliphatic heterocycles. The van der Waals surface area contributed by atoms with Crippen molar-refractivity contribution < 1.29 is 8.42 Å². The highest BCUT2D eigenvalue weighted by Crippen LogP contribution is 2.19. The zero-order valence-corrected chi connectivity index (χ0v) is 10.4. The average molecular weight is 231 g/mol. The fraction of sp³-hybridized carbons (Fsp3) is 0.818. The first-order chi connectivity index (χ1) is 7.02. The normalized spacial score (nSPS) is 17.9. The van der Waals surface area contributed by atoms with Crippen LogP contribution in [0.4, 0.5) is 0 Å². The lowest BCUT2D eigenvalue weighted by Gasteiger charge is -2.14. The monoisotopic (exact) mass is 231 g/mol. The Kier molecular flexibility index (Phi) is 4.80. The van der Waals surface area contributed by atoms with E-state index in [9.17, 15) is 8.42 Å². The maximum atomic E-state index is 11.4. The number of hydrogen-bond donors (Lipinski definition) is 1. The van der Waals surface area contributed by atoms with Gasteiger partial charge in [-0.2, -0.15) is 0 Å². The third-order valence-corrected chi connectivity index (χ3v) is 4.60. The van der Waals surface area contributed by atoms with Crippen LogP contribution in [0.5, 0.6) is 0 Å². The molecule has 0 saturated carbocycles. The Balaban J connectivity index is 2.30. The molecule has 1 rings (SSSR count). The van der Waals surface area contributed by atoms with Gasteiger partial charge in [0.15, 0.2) is 0 Å². The van der Waals surface area contributed by atoms with Crippen molar-refractivity contribution in [1.29, 1.82) is 0 Å². The minimum Gasteiger partial charge on any atom is -0.215 e. The molecular weight excluding hydrogens is 210 g/mol. The van der Waals surface area contributed by atoms with Gasteiger partial charge in [0.1, 0.15) is 0 Å². The van der Waals surface area contributed by atoms with Crippen LogP contribution in [0.2, 0.25) is 0 Å². The molecule has 0 saturated heterocycles. The summed E-state index contributed by atoms with van der Waals surface area (Å²) in [6, 6.07) is 0. The van der Waals surface area contributed by atoms with E-state index in [1.165, 1.54) is 18.4 Å². The van der Waals surface area contributed by atoms with Crippen LogP contribution in [0.25, 0.3) is 0 Å². The van der Waals surface area contributed by atoms with Crippen LogP contribution in [0, 0.1) is 0 Å². The molecule has 0 aromatic heterocycles. The van der Waals surface area contributed by atoms with Gasteiger partial charge >= 0.3 is 0 Å². The topological polar surface area (TPSA) is 46.2 Å². The molecule has 0 fully saturated rings. The Morgan fingerprint density at radius 1 is 1.40 bits per heavy atom. The van der Waals surface area contributed by atoms with Crippen molar-refractivity contribution in [2.24, 2.45) is 0 Å². The van der Waals surface area contributed by atoms with Crippen LogP contribution >= 0.6 is 0 Å². The molecule has 0 spiro atoms. The zero-order valence-electron chi connectivity index (χ0n) is 9.62. The molecule has 0 unspecified atom stereocenters. The summed E-state index contributed by atoms with van der Waals surface area (Å²) in [5.74, 6) is 0. The van der Waals surface area contributed by atoms with Gasteiger partial charge in [-0.25, -0.2) is 13.1 Å². The fourth-order valence-corrected chi connectivity index (χ4v) is 2.37. The van der Waals surface area contributed by atoms with Crippen molar-refractivity contribution in [3.05, 3.63) is 11.6 Å². The molecule has 15 heavy (non-hydrogen) atoms. The number of sulfonamides is 1. The van der Waals surface area contributed by atoms with Crippen LogP contribution in [0.1, 0.15) is 46.0 Å². The molecule has 0 heterocycles. The van der Waals surface area contributed by atoms with Crippen molar-refractivity contribution in [2.75, 3.05) is 6.54 Å². The summed E-state index contributed by atoms with van der Waals surface area (Å²) < 4.78 is 25.5. The molecule has 4 heteroatoms. The van der Waals surface area contributed by atoms with E-state index in [2.05, 4.69) is 10.8 Å². The molecule has 1 aliphatic carbocycles. The minimum absolute atomic E-state index is 0.335. The summed E-state index contributed by atoms with van der Waals surface area (Å²) in [7, 11) is -3.08. The van der Waals surface area contributed by atoms with E-state index in [1.807, 2.05) is 0 Å². The lowest BCUT2D eigenvalue weighted by molar-refractivity contribution is 0.570. The van der Waals surface area contributed by atoms with Crippen LogP contribution in [-0.4, -0.2) is 20.2 Å². The lowest BCUT2D eigenvalue weighted by Crippen LogP contribution is -2.31. The lowest BCUT2D eigenvalue weighted by atomic mass is 9.97. The zero-order chi connectivity index (χ0) is 11.3. The van der Waals surface area contributed by atoms with Crippen molar-refractivity contribution in [2.45, 2.75) is 51.2 Å². The smallest absolute Gasteiger partial charge is 0.213 e. The Morgan fingerprint density at radius 2 is 2.13 bits per heavy atom. The molecule has 0 amide bonds. The second-order valence-electron chi connectivity index (χ2n) is 4.35. The van der Waals surface area contributed by atoms with Crippen molar-refractivity contribution in [1.82, 2.24) is 4.72 Å². The van der Waals surface area contributed by atoms with Crippen molar-refractivity contribution >= 4 is 10.0 Å². The SMILES string of the molecule is CC(C)S(=O)(=O)NCCC1=CCCCC1. The maximum Gasteiger partial charge on any atom is 0.213 e. The van der Waals surface area contributed by atoms with E-state index >= 15 is 0 Å². The molecule has 1 aliphatic rings. The highest BCUT2D eigenvalue weighted by Gasteiger charge is 2.14. The van der Waals surface area contributed by atoms with Crippen LogP contribution in [0.3, 0.4) is 0 Å². The Bertz CT molecular complexity index is 317. The largest absolute Gasteiger partial charge is 0.215 e. The van der Waals surface area contributed by atoms with Crippen molar-refractivity contribution in [3.8, 4) is 0 Å². The fourth-order valence-electron chi connectivity index (χ4n) is 1.65. The quantitative estimate of drug-likeness (QED) is 0.737. The van der Waals surface area contributed by atoms with E-state index in [0.29, 0.717) is 6.54 Å². The number of rotatable bonds is 5. The number of nitrogens with one attached hydrogen (secondary N) is 1. The second-order valence-corrected chi connectivity index (χ2v) is 6.67. The van der Waals surface area contributed by atoms with Crippen LogP contribution in [-0.2, 0) is 10.0 Å². The summed E-state index contributed by atoms with van der Waals surface area (Å²) in [5, 5.41) is -0.335. The summed E-state index contributed by atoms with van der Waals surface area (Å²) >= 11 is 0. The number of hydrogen-bond acceptors (Lipinski definition) is 2. The van der Waals surface area contributed by atoms with E-state index in [-0.39, 0.29) is 5.25 Å². The summed E-state index contributed by atoms with van der Waals surface area (Å²) in [6.07, 6.45) is 7.96. The molecule has 0 atom stereocenters. The Morgan fingerprint density at radius 3 is 2.67 bits per heavy atom. The summed E-state index contributed by atoms with van der Waals surface area (Å²) in [6.45, 7) is 3.94.